The predicted molar refractivity (Wildman–Crippen MR) is 74.7 cm³/mol. The van der Waals surface area contributed by atoms with Gasteiger partial charge in [0.05, 0.1) is 12.1 Å². The van der Waals surface area contributed by atoms with E-state index in [0.29, 0.717) is 12.0 Å². The number of fused-ring (bicyclic) bond motifs is 1. The number of carboxylic acid groups (broad SMARTS) is 1. The van der Waals surface area contributed by atoms with Crippen LogP contribution in [-0.4, -0.2) is 26.7 Å². The number of carbonyl (C=O) groups is 2. The van der Waals surface area contributed by atoms with Crippen LogP contribution in [-0.2, 0) is 11.4 Å². The lowest BCUT2D eigenvalue weighted by Gasteiger charge is -2.03. The number of nitrogens with zero attached hydrogens (tertiary/aromatic N) is 1. The maximum atomic E-state index is 12.1. The lowest BCUT2D eigenvalue weighted by Crippen LogP contribution is -2.09. The van der Waals surface area contributed by atoms with Crippen molar-refractivity contribution in [2.45, 2.75) is 32.8 Å². The first-order chi connectivity index (χ1) is 9.52. The van der Waals surface area contributed by atoms with E-state index >= 15 is 0 Å². The molecule has 0 atom stereocenters. The zero-order chi connectivity index (χ0) is 14.7. The molecule has 5 heteroatoms. The number of aryl methyl sites for hydroxylation is 1. The Morgan fingerprint density at radius 3 is 2.65 bits per heavy atom. The van der Waals surface area contributed by atoms with Gasteiger partial charge in [-0.05, 0) is 25.5 Å². The molecular formula is C15H17NO4. The fourth-order valence-electron chi connectivity index (χ4n) is 2.26. The molecule has 2 rings (SSSR count). The molecule has 0 saturated heterocycles. The van der Waals surface area contributed by atoms with Crippen LogP contribution in [0.4, 0.5) is 0 Å². The van der Waals surface area contributed by atoms with Gasteiger partial charge in [-0.1, -0.05) is 11.6 Å². The molecular weight excluding hydrogens is 258 g/mol. The molecule has 1 aromatic carbocycles. The smallest absolute Gasteiger partial charge is 0.303 e. The summed E-state index contributed by atoms with van der Waals surface area (Å²) in [6.07, 6.45) is 2.10. The molecule has 0 aliphatic carbocycles. The maximum Gasteiger partial charge on any atom is 0.303 e. The average Bonchev–Trinajstić information content (AvgIpc) is 2.76. The van der Waals surface area contributed by atoms with E-state index in [9.17, 15) is 14.7 Å². The highest BCUT2D eigenvalue weighted by Crippen LogP contribution is 2.23. The van der Waals surface area contributed by atoms with Crippen LogP contribution in [0.2, 0.25) is 0 Å². The second-order valence-electron chi connectivity index (χ2n) is 4.84. The third-order valence-corrected chi connectivity index (χ3v) is 3.26. The molecule has 1 heterocycles. The lowest BCUT2D eigenvalue weighted by molar-refractivity contribution is -0.137. The van der Waals surface area contributed by atoms with Gasteiger partial charge in [-0.25, -0.2) is 0 Å². The van der Waals surface area contributed by atoms with Crippen LogP contribution >= 0.6 is 0 Å². The van der Waals surface area contributed by atoms with Crippen molar-refractivity contribution < 1.29 is 19.8 Å². The molecule has 0 spiro atoms. The Morgan fingerprint density at radius 1 is 1.25 bits per heavy atom. The SMILES string of the molecule is Cc1ccc2c(c1)c(CO)cn2C(=O)CCCC(=O)O. The molecule has 0 unspecified atom stereocenters. The Balaban J connectivity index is 2.29. The highest BCUT2D eigenvalue weighted by Gasteiger charge is 2.13. The minimum atomic E-state index is -0.901. The molecule has 20 heavy (non-hydrogen) atoms. The summed E-state index contributed by atoms with van der Waals surface area (Å²) in [6, 6.07) is 5.69. The number of hydrogen-bond acceptors (Lipinski definition) is 3. The largest absolute Gasteiger partial charge is 0.481 e. The number of aliphatic hydroxyl groups is 1. The topological polar surface area (TPSA) is 79.5 Å². The number of hydrogen-bond donors (Lipinski definition) is 2. The summed E-state index contributed by atoms with van der Waals surface area (Å²) in [7, 11) is 0. The second-order valence-corrected chi connectivity index (χ2v) is 4.84. The van der Waals surface area contributed by atoms with Gasteiger partial charge >= 0.3 is 5.97 Å². The molecule has 0 amide bonds. The van der Waals surface area contributed by atoms with Gasteiger partial charge in [-0.3, -0.25) is 14.2 Å². The maximum absolute atomic E-state index is 12.1. The molecule has 0 bridgehead atoms. The summed E-state index contributed by atoms with van der Waals surface area (Å²) in [5.41, 5.74) is 2.51. The predicted octanol–water partition coefficient (Wildman–Crippen LogP) is 2.34. The molecule has 2 aromatic rings. The van der Waals surface area contributed by atoms with Crippen molar-refractivity contribution in [3.05, 3.63) is 35.5 Å². The van der Waals surface area contributed by atoms with Gasteiger partial charge < -0.3 is 10.2 Å². The summed E-state index contributed by atoms with van der Waals surface area (Å²) in [4.78, 5) is 22.6. The molecule has 1 aromatic heterocycles. The van der Waals surface area contributed by atoms with Gasteiger partial charge in [0.25, 0.3) is 0 Å². The van der Waals surface area contributed by atoms with Crippen molar-refractivity contribution >= 4 is 22.8 Å². The molecule has 106 valence electrons. The van der Waals surface area contributed by atoms with Gasteiger partial charge in [0.15, 0.2) is 0 Å². The Bertz CT molecular complexity index is 657. The van der Waals surface area contributed by atoms with Crippen molar-refractivity contribution in [2.75, 3.05) is 0 Å². The van der Waals surface area contributed by atoms with Crippen LogP contribution in [0.3, 0.4) is 0 Å². The van der Waals surface area contributed by atoms with Crippen LogP contribution in [0.5, 0.6) is 0 Å². The van der Waals surface area contributed by atoms with Crippen molar-refractivity contribution in [1.29, 1.82) is 0 Å². The molecule has 0 radical (unpaired) electrons. The number of rotatable bonds is 5. The summed E-state index contributed by atoms with van der Waals surface area (Å²) in [5.74, 6) is -1.05. The fraction of sp³-hybridized carbons (Fsp3) is 0.333. The first kappa shape index (κ1) is 14.3. The first-order valence-electron chi connectivity index (χ1n) is 6.49. The van der Waals surface area contributed by atoms with E-state index in [1.807, 2.05) is 25.1 Å². The van der Waals surface area contributed by atoms with Crippen LogP contribution in [0.1, 0.15) is 35.2 Å². The normalized spacial score (nSPS) is 10.9. The number of aromatic nitrogens is 1. The van der Waals surface area contributed by atoms with E-state index < -0.39 is 5.97 Å². The fourth-order valence-corrected chi connectivity index (χ4v) is 2.26. The van der Waals surface area contributed by atoms with E-state index in [-0.39, 0.29) is 25.4 Å². The summed E-state index contributed by atoms with van der Waals surface area (Å²) < 4.78 is 1.50. The van der Waals surface area contributed by atoms with Crippen LogP contribution in [0.25, 0.3) is 10.9 Å². The third kappa shape index (κ3) is 2.88. The third-order valence-electron chi connectivity index (χ3n) is 3.26. The van der Waals surface area contributed by atoms with Gasteiger partial charge in [0.1, 0.15) is 0 Å². The van der Waals surface area contributed by atoms with Crippen LogP contribution in [0.15, 0.2) is 24.4 Å². The molecule has 0 aliphatic heterocycles. The van der Waals surface area contributed by atoms with E-state index in [4.69, 9.17) is 5.11 Å². The van der Waals surface area contributed by atoms with Gasteiger partial charge in [-0.15, -0.1) is 0 Å². The van der Waals surface area contributed by atoms with Crippen LogP contribution < -0.4 is 0 Å². The quantitative estimate of drug-likeness (QED) is 0.877. The second kappa shape index (κ2) is 5.88. The first-order valence-corrected chi connectivity index (χ1v) is 6.49. The monoisotopic (exact) mass is 275 g/mol. The van der Waals surface area contributed by atoms with Crippen molar-refractivity contribution in [3.8, 4) is 0 Å². The molecule has 0 fully saturated rings. The number of carboxylic acids is 1. The molecule has 2 N–H and O–H groups in total. The van der Waals surface area contributed by atoms with Gasteiger partial charge in [0.2, 0.25) is 5.91 Å². The molecule has 0 saturated carbocycles. The van der Waals surface area contributed by atoms with E-state index in [1.54, 1.807) is 6.20 Å². The lowest BCUT2D eigenvalue weighted by atomic mass is 10.1. The Hall–Kier alpha value is -2.14. The highest BCUT2D eigenvalue weighted by atomic mass is 16.4. The Morgan fingerprint density at radius 2 is 2.00 bits per heavy atom. The minimum absolute atomic E-state index is 0.0170. The zero-order valence-electron chi connectivity index (χ0n) is 11.3. The van der Waals surface area contributed by atoms with Crippen molar-refractivity contribution in [1.82, 2.24) is 4.57 Å². The zero-order valence-corrected chi connectivity index (χ0v) is 11.3. The Labute approximate surface area is 116 Å². The van der Waals surface area contributed by atoms with E-state index in [0.717, 1.165) is 16.5 Å². The van der Waals surface area contributed by atoms with Crippen LogP contribution in [0, 0.1) is 6.92 Å². The number of benzene rings is 1. The highest BCUT2D eigenvalue weighted by molar-refractivity contribution is 5.94. The number of aliphatic hydroxyl groups excluding tert-OH is 1. The van der Waals surface area contributed by atoms with Crippen molar-refractivity contribution in [2.24, 2.45) is 0 Å². The summed E-state index contributed by atoms with van der Waals surface area (Å²) >= 11 is 0. The number of aliphatic carboxylic acids is 1. The number of carbonyl (C=O) groups excluding carboxylic acids is 1. The van der Waals surface area contributed by atoms with Gasteiger partial charge in [-0.2, -0.15) is 0 Å². The van der Waals surface area contributed by atoms with Crippen molar-refractivity contribution in [3.63, 3.8) is 0 Å². The average molecular weight is 275 g/mol. The summed E-state index contributed by atoms with van der Waals surface area (Å²) in [6.45, 7) is 1.82. The van der Waals surface area contributed by atoms with Gasteiger partial charge in [0, 0.05) is 30.0 Å². The standard InChI is InChI=1S/C15H17NO4/c1-10-5-6-13-12(7-10)11(9-17)8-16(13)14(18)3-2-4-15(19)20/h5-8,17H,2-4,9H2,1H3,(H,19,20). The molecule has 0 aliphatic rings. The Kier molecular flexibility index (Phi) is 4.20. The van der Waals surface area contributed by atoms with E-state index in [2.05, 4.69) is 0 Å². The summed E-state index contributed by atoms with van der Waals surface area (Å²) in [5, 5.41) is 18.8. The molecule has 5 nitrogen and oxygen atoms in total. The van der Waals surface area contributed by atoms with E-state index in [1.165, 1.54) is 4.57 Å². The minimum Gasteiger partial charge on any atom is -0.481 e.